The number of carbonyl (C=O) groups excluding carboxylic acids is 1. The van der Waals surface area contributed by atoms with Gasteiger partial charge >= 0.3 is 5.97 Å². The molecule has 0 aliphatic rings. The van der Waals surface area contributed by atoms with E-state index in [1.54, 1.807) is 0 Å². The van der Waals surface area contributed by atoms with Gasteiger partial charge in [-0.2, -0.15) is 0 Å². The third kappa shape index (κ3) is 7.49. The highest BCUT2D eigenvalue weighted by Gasteiger charge is 2.27. The van der Waals surface area contributed by atoms with Gasteiger partial charge in [-0.25, -0.2) is 4.79 Å². The normalized spacial score (nSPS) is 12.3. The van der Waals surface area contributed by atoms with Crippen LogP contribution >= 0.6 is 0 Å². The van der Waals surface area contributed by atoms with Crippen LogP contribution in [0.4, 0.5) is 0 Å². The smallest absolute Gasteiger partial charge is 0.332 e. The van der Waals surface area contributed by atoms with Crippen molar-refractivity contribution in [3.8, 4) is 11.5 Å². The van der Waals surface area contributed by atoms with Crippen molar-refractivity contribution in [1.29, 1.82) is 0 Å². The highest BCUT2D eigenvalue weighted by molar-refractivity contribution is 6.87. The quantitative estimate of drug-likeness (QED) is 0.196. The van der Waals surface area contributed by atoms with Gasteiger partial charge in [-0.15, -0.1) is 11.5 Å². The van der Waals surface area contributed by atoms with E-state index in [1.165, 1.54) is 0 Å². The van der Waals surface area contributed by atoms with Crippen LogP contribution in [0.25, 0.3) is 0 Å². The van der Waals surface area contributed by atoms with Crippen molar-refractivity contribution in [2.24, 2.45) is 4.99 Å². The lowest BCUT2D eigenvalue weighted by atomic mass is 10.0. The highest BCUT2D eigenvalue weighted by atomic mass is 28.3. The highest BCUT2D eigenvalue weighted by Crippen LogP contribution is 2.20. The van der Waals surface area contributed by atoms with Crippen LogP contribution in [0.2, 0.25) is 18.1 Å². The Morgan fingerprint density at radius 2 is 1.38 bits per heavy atom. The molecule has 0 N–H and O–H groups in total. The Kier molecular flexibility index (Phi) is 9.47. The molecule has 0 radical (unpaired) electrons. The van der Waals surface area contributed by atoms with Crippen molar-refractivity contribution in [3.63, 3.8) is 0 Å². The minimum atomic E-state index is -1.60. The van der Waals surface area contributed by atoms with E-state index in [0.717, 1.165) is 35.0 Å². The van der Waals surface area contributed by atoms with Gasteiger partial charge in [0.25, 0.3) is 0 Å². The first-order valence-electron chi connectivity index (χ1n) is 11.6. The zero-order chi connectivity index (χ0) is 23.6. The summed E-state index contributed by atoms with van der Waals surface area (Å²) in [6, 6.07) is 22.7. The fourth-order valence-corrected chi connectivity index (χ4v) is 6.07. The van der Waals surface area contributed by atoms with Gasteiger partial charge in [-0.3, -0.25) is 4.99 Å². The largest absolute Gasteiger partial charge is 0.458 e. The fourth-order valence-electron chi connectivity index (χ4n) is 3.57. The summed E-state index contributed by atoms with van der Waals surface area (Å²) in [5, 5.41) is 0. The van der Waals surface area contributed by atoms with E-state index in [-0.39, 0.29) is 5.97 Å². The summed E-state index contributed by atoms with van der Waals surface area (Å²) in [6.45, 7) is 12.4. The van der Waals surface area contributed by atoms with Crippen LogP contribution in [0.1, 0.15) is 59.1 Å². The molecule has 0 bridgehead atoms. The van der Waals surface area contributed by atoms with Crippen molar-refractivity contribution in [1.82, 2.24) is 0 Å². The first-order chi connectivity index (χ1) is 15.2. The number of esters is 1. The average Bonchev–Trinajstić information content (AvgIpc) is 2.79. The summed E-state index contributed by atoms with van der Waals surface area (Å²) in [6.07, 6.45) is 0.368. The lowest BCUT2D eigenvalue weighted by molar-refractivity contribution is -0.156. The standard InChI is InChI=1S/C28H37NO2Si/c1-7-32(8-2,9-3)22-16-21-25(27(30)31-28(4,5)6)29-26(23-17-12-10-13-18-23)24-19-14-11-15-20-24/h10-15,17-20,25H,7-9,21H2,1-6H3/t25-/m0/s1. The molecule has 0 aromatic heterocycles. The summed E-state index contributed by atoms with van der Waals surface area (Å²) in [5.74, 6) is 3.03. The maximum atomic E-state index is 13.1. The molecule has 0 heterocycles. The Bertz CT molecular complexity index is 896. The lowest BCUT2D eigenvalue weighted by Crippen LogP contribution is -2.32. The Labute approximate surface area is 195 Å². The SMILES string of the molecule is CC[Si](C#CC[C@H](N=C(c1ccccc1)c1ccccc1)C(=O)OC(C)(C)C)(CC)CC. The molecule has 0 amide bonds. The number of benzene rings is 2. The molecule has 1 atom stereocenters. The third-order valence-corrected chi connectivity index (χ3v) is 10.5. The molecule has 3 nitrogen and oxygen atoms in total. The van der Waals surface area contributed by atoms with E-state index in [0.29, 0.717) is 6.42 Å². The molecular weight excluding hydrogens is 410 g/mol. The summed E-state index contributed by atoms with van der Waals surface area (Å²) < 4.78 is 5.73. The van der Waals surface area contributed by atoms with E-state index in [4.69, 9.17) is 9.73 Å². The predicted octanol–water partition coefficient (Wildman–Crippen LogP) is 6.68. The number of hydrogen-bond acceptors (Lipinski definition) is 3. The summed E-state index contributed by atoms with van der Waals surface area (Å²) >= 11 is 0. The van der Waals surface area contributed by atoms with Crippen molar-refractivity contribution in [2.75, 3.05) is 0 Å². The predicted molar refractivity (Wildman–Crippen MR) is 138 cm³/mol. The van der Waals surface area contributed by atoms with Gasteiger partial charge in [0, 0.05) is 17.5 Å². The number of hydrogen-bond donors (Lipinski definition) is 0. The second-order valence-electron chi connectivity index (χ2n) is 9.11. The number of carbonyl (C=O) groups is 1. The minimum absolute atomic E-state index is 0.326. The Morgan fingerprint density at radius 1 is 0.906 bits per heavy atom. The molecule has 170 valence electrons. The third-order valence-electron chi connectivity index (χ3n) is 5.74. The van der Waals surface area contributed by atoms with Crippen LogP contribution in [0.3, 0.4) is 0 Å². The van der Waals surface area contributed by atoms with E-state index in [1.807, 2.05) is 81.4 Å². The fraction of sp³-hybridized carbons (Fsp3) is 0.429. The summed E-state index contributed by atoms with van der Waals surface area (Å²) in [4.78, 5) is 18.1. The summed E-state index contributed by atoms with van der Waals surface area (Å²) in [7, 11) is -1.60. The lowest BCUT2D eigenvalue weighted by Gasteiger charge is -2.23. The molecule has 0 aliphatic heterocycles. The molecule has 0 fully saturated rings. The first-order valence-corrected chi connectivity index (χ1v) is 14.3. The van der Waals surface area contributed by atoms with E-state index < -0.39 is 19.7 Å². The molecule has 0 saturated heterocycles. The molecule has 4 heteroatoms. The van der Waals surface area contributed by atoms with Crippen LogP contribution in [0.15, 0.2) is 65.7 Å². The van der Waals surface area contributed by atoms with Gasteiger partial charge < -0.3 is 4.74 Å². The maximum Gasteiger partial charge on any atom is 0.332 e. The number of nitrogens with zero attached hydrogens (tertiary/aromatic N) is 1. The van der Waals surface area contributed by atoms with Crippen LogP contribution in [-0.4, -0.2) is 31.4 Å². The van der Waals surface area contributed by atoms with Crippen LogP contribution in [0, 0.1) is 11.5 Å². The minimum Gasteiger partial charge on any atom is -0.458 e. The van der Waals surface area contributed by atoms with Crippen molar-refractivity contribution < 1.29 is 9.53 Å². The average molecular weight is 448 g/mol. The second-order valence-corrected chi connectivity index (χ2v) is 14.0. The zero-order valence-corrected chi connectivity index (χ0v) is 21.4. The summed E-state index contributed by atoms with van der Waals surface area (Å²) in [5.41, 5.74) is 5.75. The number of rotatable bonds is 8. The van der Waals surface area contributed by atoms with Gasteiger partial charge in [0.05, 0.1) is 5.71 Å². The van der Waals surface area contributed by atoms with Crippen LogP contribution in [-0.2, 0) is 9.53 Å². The van der Waals surface area contributed by atoms with Crippen LogP contribution < -0.4 is 0 Å². The topological polar surface area (TPSA) is 38.7 Å². The van der Waals surface area contributed by atoms with Crippen molar-refractivity contribution in [2.45, 2.75) is 77.7 Å². The van der Waals surface area contributed by atoms with Gasteiger partial charge in [0.2, 0.25) is 0 Å². The van der Waals surface area contributed by atoms with Crippen molar-refractivity contribution >= 4 is 19.8 Å². The molecular formula is C28H37NO2Si. The monoisotopic (exact) mass is 447 g/mol. The Morgan fingerprint density at radius 3 is 1.78 bits per heavy atom. The Balaban J connectivity index is 2.51. The molecule has 2 aromatic carbocycles. The van der Waals surface area contributed by atoms with E-state index >= 15 is 0 Å². The molecule has 32 heavy (non-hydrogen) atoms. The first kappa shape index (κ1) is 25.6. The zero-order valence-electron chi connectivity index (χ0n) is 20.4. The molecule has 2 aromatic rings. The van der Waals surface area contributed by atoms with Crippen molar-refractivity contribution in [3.05, 3.63) is 71.8 Å². The molecule has 0 spiro atoms. The van der Waals surface area contributed by atoms with E-state index in [2.05, 4.69) is 32.2 Å². The number of ether oxygens (including phenoxy) is 1. The van der Waals surface area contributed by atoms with Crippen LogP contribution in [0.5, 0.6) is 0 Å². The Hall–Kier alpha value is -2.64. The van der Waals surface area contributed by atoms with E-state index in [9.17, 15) is 4.79 Å². The van der Waals surface area contributed by atoms with Gasteiger partial charge in [0.1, 0.15) is 13.7 Å². The molecule has 0 unspecified atom stereocenters. The maximum absolute atomic E-state index is 13.1. The second kappa shape index (κ2) is 11.8. The van der Waals surface area contributed by atoms with Gasteiger partial charge in [0.15, 0.2) is 6.04 Å². The molecule has 0 saturated carbocycles. The van der Waals surface area contributed by atoms with Gasteiger partial charge in [-0.05, 0) is 38.9 Å². The van der Waals surface area contributed by atoms with Gasteiger partial charge in [-0.1, -0.05) is 81.4 Å². The molecule has 2 rings (SSSR count). The molecule has 0 aliphatic carbocycles. The number of aliphatic imine (C=N–C) groups is 1.